The number of carboxylic acids is 1. The van der Waals surface area contributed by atoms with Gasteiger partial charge in [0.1, 0.15) is 6.54 Å². The van der Waals surface area contributed by atoms with Crippen LogP contribution in [0.5, 0.6) is 0 Å². The minimum absolute atomic E-state index is 0.0222. The molecular weight excluding hydrogens is 294 g/mol. The van der Waals surface area contributed by atoms with Gasteiger partial charge in [-0.15, -0.1) is 0 Å². The molecule has 1 unspecified atom stereocenters. The molecule has 0 radical (unpaired) electrons. The van der Waals surface area contributed by atoms with Gasteiger partial charge in [-0.05, 0) is 31.7 Å². The minimum atomic E-state index is -0.805. The summed E-state index contributed by atoms with van der Waals surface area (Å²) in [7, 11) is 0. The zero-order valence-corrected chi connectivity index (χ0v) is 13.0. The van der Waals surface area contributed by atoms with Gasteiger partial charge in [-0.25, -0.2) is 0 Å². The van der Waals surface area contributed by atoms with Crippen LogP contribution in [0.3, 0.4) is 0 Å². The molecule has 0 aliphatic carbocycles. The lowest BCUT2D eigenvalue weighted by Crippen LogP contribution is -2.45. The number of amides is 1. The average Bonchev–Trinajstić information content (AvgIpc) is 2.96. The average molecular weight is 315 g/mol. The monoisotopic (exact) mass is 315 g/mol. The lowest BCUT2D eigenvalue weighted by atomic mass is 9.98. The number of carbonyl (C=O) groups is 2. The van der Waals surface area contributed by atoms with E-state index in [4.69, 9.17) is 5.11 Å². The fourth-order valence-corrected chi connectivity index (χ4v) is 3.29. The first-order valence-corrected chi connectivity index (χ1v) is 8.07. The zero-order valence-electron chi connectivity index (χ0n) is 13.0. The molecule has 1 aromatic carbocycles. The Bertz CT molecular complexity index is 710. The molecule has 1 N–H and O–H groups in total. The van der Waals surface area contributed by atoms with Gasteiger partial charge >= 0.3 is 5.97 Å². The second-order valence-electron chi connectivity index (χ2n) is 6.03. The molecule has 0 bridgehead atoms. The third-order valence-electron chi connectivity index (χ3n) is 4.47. The first-order valence-electron chi connectivity index (χ1n) is 8.07. The van der Waals surface area contributed by atoms with E-state index in [-0.39, 0.29) is 24.9 Å². The number of hydrogen-bond acceptors (Lipinski definition) is 3. The standard InChI is InChI=1S/C17H21N3O3/c21-16(12-20-15-7-2-1-5-13(15)11-18-20)19-10-4-3-6-14(19)8-9-17(22)23/h1-2,5,7,11,14H,3-4,6,8-10,12H2,(H,22,23). The summed E-state index contributed by atoms with van der Waals surface area (Å²) in [5.74, 6) is -0.782. The molecule has 0 spiro atoms. The summed E-state index contributed by atoms with van der Waals surface area (Å²) in [4.78, 5) is 25.3. The number of carboxylic acid groups (broad SMARTS) is 1. The molecule has 23 heavy (non-hydrogen) atoms. The van der Waals surface area contributed by atoms with Gasteiger partial charge in [0.15, 0.2) is 0 Å². The van der Waals surface area contributed by atoms with Crippen LogP contribution < -0.4 is 0 Å². The maximum Gasteiger partial charge on any atom is 0.303 e. The van der Waals surface area contributed by atoms with Crippen molar-refractivity contribution < 1.29 is 14.7 Å². The Balaban J connectivity index is 1.71. The van der Waals surface area contributed by atoms with Crippen molar-refractivity contribution in [2.45, 2.75) is 44.7 Å². The lowest BCUT2D eigenvalue weighted by molar-refractivity contribution is -0.140. The number of rotatable bonds is 5. The van der Waals surface area contributed by atoms with Crippen molar-refractivity contribution in [2.75, 3.05) is 6.54 Å². The highest BCUT2D eigenvalue weighted by Crippen LogP contribution is 2.22. The van der Waals surface area contributed by atoms with Gasteiger partial charge in [-0.3, -0.25) is 14.3 Å². The van der Waals surface area contributed by atoms with Gasteiger partial charge in [-0.2, -0.15) is 5.10 Å². The Morgan fingerprint density at radius 1 is 1.26 bits per heavy atom. The number of aromatic nitrogens is 2. The molecule has 2 heterocycles. The van der Waals surface area contributed by atoms with Crippen LogP contribution in [0, 0.1) is 0 Å². The Kier molecular flexibility index (Phi) is 4.60. The van der Waals surface area contributed by atoms with Gasteiger partial charge in [-0.1, -0.05) is 18.2 Å². The highest BCUT2D eigenvalue weighted by atomic mass is 16.4. The van der Waals surface area contributed by atoms with Gasteiger partial charge < -0.3 is 10.0 Å². The summed E-state index contributed by atoms with van der Waals surface area (Å²) in [6, 6.07) is 7.84. The van der Waals surface area contributed by atoms with Gasteiger partial charge in [0.25, 0.3) is 0 Å². The Morgan fingerprint density at radius 3 is 2.91 bits per heavy atom. The molecule has 1 aliphatic heterocycles. The summed E-state index contributed by atoms with van der Waals surface area (Å²) in [6.07, 6.45) is 5.33. The minimum Gasteiger partial charge on any atom is -0.481 e. The number of para-hydroxylation sites is 1. The zero-order chi connectivity index (χ0) is 16.2. The lowest BCUT2D eigenvalue weighted by Gasteiger charge is -2.35. The first-order chi connectivity index (χ1) is 11.1. The van der Waals surface area contributed by atoms with E-state index >= 15 is 0 Å². The molecule has 1 fully saturated rings. The quantitative estimate of drug-likeness (QED) is 0.918. The van der Waals surface area contributed by atoms with Crippen LogP contribution in [0.4, 0.5) is 0 Å². The van der Waals surface area contributed by atoms with E-state index in [0.29, 0.717) is 13.0 Å². The van der Waals surface area contributed by atoms with Crippen molar-refractivity contribution in [3.05, 3.63) is 30.5 Å². The molecule has 1 aromatic heterocycles. The summed E-state index contributed by atoms with van der Waals surface area (Å²) >= 11 is 0. The number of carbonyl (C=O) groups excluding carboxylic acids is 1. The van der Waals surface area contributed by atoms with E-state index in [0.717, 1.165) is 30.2 Å². The number of fused-ring (bicyclic) bond motifs is 1. The van der Waals surface area contributed by atoms with Crippen LogP contribution >= 0.6 is 0 Å². The molecule has 1 amide bonds. The van der Waals surface area contributed by atoms with Crippen LogP contribution in [0.1, 0.15) is 32.1 Å². The first kappa shape index (κ1) is 15.5. The van der Waals surface area contributed by atoms with Crippen molar-refractivity contribution in [1.82, 2.24) is 14.7 Å². The Labute approximate surface area is 134 Å². The topological polar surface area (TPSA) is 75.4 Å². The van der Waals surface area contributed by atoms with Crippen molar-refractivity contribution in [1.29, 1.82) is 0 Å². The van der Waals surface area contributed by atoms with Gasteiger partial charge in [0.2, 0.25) is 5.91 Å². The van der Waals surface area contributed by atoms with E-state index < -0.39 is 5.97 Å². The maximum atomic E-state index is 12.7. The molecule has 122 valence electrons. The smallest absolute Gasteiger partial charge is 0.303 e. The summed E-state index contributed by atoms with van der Waals surface area (Å²) in [5, 5.41) is 14.2. The van der Waals surface area contributed by atoms with E-state index in [1.54, 1.807) is 10.9 Å². The largest absolute Gasteiger partial charge is 0.481 e. The van der Waals surface area contributed by atoms with Crippen LogP contribution in [-0.4, -0.2) is 44.3 Å². The number of benzene rings is 1. The molecule has 0 saturated carbocycles. The van der Waals surface area contributed by atoms with E-state index in [1.807, 2.05) is 29.2 Å². The number of nitrogens with zero attached hydrogens (tertiary/aromatic N) is 3. The third kappa shape index (κ3) is 3.52. The fourth-order valence-electron chi connectivity index (χ4n) is 3.29. The van der Waals surface area contributed by atoms with Crippen LogP contribution in [0.25, 0.3) is 10.9 Å². The fraction of sp³-hybridized carbons (Fsp3) is 0.471. The summed E-state index contributed by atoms with van der Waals surface area (Å²) in [6.45, 7) is 0.916. The predicted molar refractivity (Wildman–Crippen MR) is 86.0 cm³/mol. The second kappa shape index (κ2) is 6.81. The van der Waals surface area contributed by atoms with E-state index in [9.17, 15) is 9.59 Å². The maximum absolute atomic E-state index is 12.7. The highest BCUT2D eigenvalue weighted by molar-refractivity contribution is 5.82. The van der Waals surface area contributed by atoms with E-state index in [2.05, 4.69) is 5.10 Å². The van der Waals surface area contributed by atoms with Crippen LogP contribution in [0.15, 0.2) is 30.5 Å². The predicted octanol–water partition coefficient (Wildman–Crippen LogP) is 2.28. The SMILES string of the molecule is O=C(O)CCC1CCCCN1C(=O)Cn1ncc2ccccc21. The van der Waals surface area contributed by atoms with E-state index in [1.165, 1.54) is 0 Å². The van der Waals surface area contributed by atoms with Crippen molar-refractivity contribution in [3.63, 3.8) is 0 Å². The van der Waals surface area contributed by atoms with Crippen LogP contribution in [0.2, 0.25) is 0 Å². The number of piperidine rings is 1. The molecule has 1 aliphatic rings. The molecular formula is C17H21N3O3. The Hall–Kier alpha value is -2.37. The van der Waals surface area contributed by atoms with Crippen molar-refractivity contribution in [3.8, 4) is 0 Å². The van der Waals surface area contributed by atoms with Gasteiger partial charge in [0, 0.05) is 24.4 Å². The molecule has 1 saturated heterocycles. The number of hydrogen-bond donors (Lipinski definition) is 1. The van der Waals surface area contributed by atoms with Crippen molar-refractivity contribution >= 4 is 22.8 Å². The summed E-state index contributed by atoms with van der Waals surface area (Å²) in [5.41, 5.74) is 0.944. The number of likely N-dealkylation sites (tertiary alicyclic amines) is 1. The molecule has 6 nitrogen and oxygen atoms in total. The third-order valence-corrected chi connectivity index (χ3v) is 4.47. The van der Waals surface area contributed by atoms with Gasteiger partial charge in [0.05, 0.1) is 11.7 Å². The van der Waals surface area contributed by atoms with Crippen molar-refractivity contribution in [2.24, 2.45) is 0 Å². The highest BCUT2D eigenvalue weighted by Gasteiger charge is 2.27. The normalized spacial score (nSPS) is 18.3. The Morgan fingerprint density at radius 2 is 2.09 bits per heavy atom. The molecule has 6 heteroatoms. The van der Waals surface area contributed by atoms with Crippen LogP contribution in [-0.2, 0) is 16.1 Å². The second-order valence-corrected chi connectivity index (χ2v) is 6.03. The molecule has 1 atom stereocenters. The molecule has 3 rings (SSSR count). The molecule has 2 aromatic rings. The summed E-state index contributed by atoms with van der Waals surface area (Å²) < 4.78 is 1.72. The number of aliphatic carboxylic acids is 1.